The number of unbranched alkanes of at least 4 members (excludes halogenated alkanes) is 12. The van der Waals surface area contributed by atoms with E-state index in [1.54, 1.807) is 0 Å². The van der Waals surface area contributed by atoms with Crippen molar-refractivity contribution in [3.05, 3.63) is 6.42 Å². The third kappa shape index (κ3) is 16.0. The van der Waals surface area contributed by atoms with E-state index >= 15 is 0 Å². The molecule has 0 amide bonds. The van der Waals surface area contributed by atoms with Crippen LogP contribution in [0.25, 0.3) is 0 Å². The zero-order valence-corrected chi connectivity index (χ0v) is 13.3. The van der Waals surface area contributed by atoms with Gasteiger partial charge in [-0.25, -0.2) is 0 Å². The Morgan fingerprint density at radius 2 is 1.17 bits per heavy atom. The number of hydrogen-bond acceptors (Lipinski definition) is 0. The SMILES string of the molecule is CCCCCCCC[CH]CCCCCCC(C)C. The number of rotatable bonds is 14. The molecule has 0 heteroatoms. The summed E-state index contributed by atoms with van der Waals surface area (Å²) in [5.74, 6) is 0.893. The van der Waals surface area contributed by atoms with Gasteiger partial charge in [0.05, 0.1) is 0 Å². The minimum atomic E-state index is 0.893. The van der Waals surface area contributed by atoms with Crippen LogP contribution in [0.5, 0.6) is 0 Å². The zero-order chi connectivity index (χ0) is 13.5. The highest BCUT2D eigenvalue weighted by Crippen LogP contribution is 2.13. The average Bonchev–Trinajstić information content (AvgIpc) is 2.34. The van der Waals surface area contributed by atoms with E-state index in [0.717, 1.165) is 5.92 Å². The molecule has 0 aromatic heterocycles. The predicted molar refractivity (Wildman–Crippen MR) is 84.8 cm³/mol. The molecule has 0 heterocycles. The van der Waals surface area contributed by atoms with Crippen LogP contribution in [0, 0.1) is 12.3 Å². The highest BCUT2D eigenvalue weighted by atomic mass is 14.0. The van der Waals surface area contributed by atoms with Gasteiger partial charge in [0.25, 0.3) is 0 Å². The lowest BCUT2D eigenvalue weighted by molar-refractivity contribution is 0.517. The molecule has 0 aliphatic heterocycles. The quantitative estimate of drug-likeness (QED) is 0.294. The van der Waals surface area contributed by atoms with Crippen LogP contribution in [0.3, 0.4) is 0 Å². The van der Waals surface area contributed by atoms with Gasteiger partial charge in [0.1, 0.15) is 0 Å². The molecule has 0 aliphatic rings. The molecule has 0 aliphatic carbocycles. The van der Waals surface area contributed by atoms with Crippen molar-refractivity contribution in [2.75, 3.05) is 0 Å². The van der Waals surface area contributed by atoms with E-state index in [9.17, 15) is 0 Å². The Morgan fingerprint density at radius 1 is 0.667 bits per heavy atom. The van der Waals surface area contributed by atoms with Gasteiger partial charge >= 0.3 is 0 Å². The second-order valence-electron chi connectivity index (χ2n) is 6.23. The van der Waals surface area contributed by atoms with E-state index in [-0.39, 0.29) is 0 Å². The van der Waals surface area contributed by atoms with Crippen molar-refractivity contribution in [3.63, 3.8) is 0 Å². The van der Waals surface area contributed by atoms with Crippen LogP contribution in [0.4, 0.5) is 0 Å². The van der Waals surface area contributed by atoms with Crippen LogP contribution >= 0.6 is 0 Å². The minimum Gasteiger partial charge on any atom is -0.0654 e. The summed E-state index contributed by atoms with van der Waals surface area (Å²) < 4.78 is 0. The van der Waals surface area contributed by atoms with Gasteiger partial charge in [-0.1, -0.05) is 104 Å². The Balaban J connectivity index is 2.90. The van der Waals surface area contributed by atoms with Gasteiger partial charge in [0.15, 0.2) is 0 Å². The molecule has 0 aromatic rings. The smallest absolute Gasteiger partial charge is 0.0386 e. The van der Waals surface area contributed by atoms with Gasteiger partial charge in [-0.3, -0.25) is 0 Å². The molecule has 109 valence electrons. The minimum absolute atomic E-state index is 0.893. The van der Waals surface area contributed by atoms with Crippen LogP contribution in [0.2, 0.25) is 0 Å². The van der Waals surface area contributed by atoms with E-state index in [2.05, 4.69) is 27.2 Å². The summed E-state index contributed by atoms with van der Waals surface area (Å²) in [5.41, 5.74) is 0. The summed E-state index contributed by atoms with van der Waals surface area (Å²) in [6.07, 6.45) is 21.0. The first-order chi connectivity index (χ1) is 8.77. The Hall–Kier alpha value is 0. The molecule has 0 rings (SSSR count). The summed E-state index contributed by atoms with van der Waals surface area (Å²) >= 11 is 0. The van der Waals surface area contributed by atoms with E-state index in [1.165, 1.54) is 83.5 Å². The fourth-order valence-corrected chi connectivity index (χ4v) is 2.41. The molecule has 0 bridgehead atoms. The third-order valence-corrected chi connectivity index (χ3v) is 3.70. The van der Waals surface area contributed by atoms with Crippen LogP contribution in [-0.2, 0) is 0 Å². The van der Waals surface area contributed by atoms with Crippen LogP contribution in [0.1, 0.15) is 104 Å². The van der Waals surface area contributed by atoms with Crippen molar-refractivity contribution in [2.45, 2.75) is 104 Å². The summed E-state index contributed by atoms with van der Waals surface area (Å²) in [6.45, 7) is 6.94. The molecule has 0 aromatic carbocycles. The van der Waals surface area contributed by atoms with Crippen molar-refractivity contribution in [1.82, 2.24) is 0 Å². The first kappa shape index (κ1) is 18.0. The summed E-state index contributed by atoms with van der Waals surface area (Å²) in [5, 5.41) is 0. The molecular weight excluding hydrogens is 216 g/mol. The Kier molecular flexibility index (Phi) is 15.1. The maximum atomic E-state index is 2.53. The molecule has 1 radical (unpaired) electrons. The lowest BCUT2D eigenvalue weighted by Gasteiger charge is -2.04. The van der Waals surface area contributed by atoms with Gasteiger partial charge < -0.3 is 0 Å². The largest absolute Gasteiger partial charge is 0.0654 e. The van der Waals surface area contributed by atoms with Gasteiger partial charge in [-0.05, 0) is 12.3 Å². The fourth-order valence-electron chi connectivity index (χ4n) is 2.41. The second kappa shape index (κ2) is 15.1. The summed E-state index contributed by atoms with van der Waals surface area (Å²) in [4.78, 5) is 0. The van der Waals surface area contributed by atoms with E-state index in [4.69, 9.17) is 0 Å². The van der Waals surface area contributed by atoms with Crippen molar-refractivity contribution in [2.24, 2.45) is 5.92 Å². The normalized spacial score (nSPS) is 11.3. The standard InChI is InChI=1S/C18H37/c1-4-5-6-7-8-9-10-11-12-13-14-15-16-17-18(2)3/h11,18H,4-10,12-17H2,1-3H3. The van der Waals surface area contributed by atoms with Crippen molar-refractivity contribution in [1.29, 1.82) is 0 Å². The van der Waals surface area contributed by atoms with Crippen molar-refractivity contribution in [3.8, 4) is 0 Å². The molecule has 0 atom stereocenters. The van der Waals surface area contributed by atoms with Gasteiger partial charge in [0.2, 0.25) is 0 Å². The Bertz CT molecular complexity index is 137. The molecule has 0 saturated heterocycles. The van der Waals surface area contributed by atoms with Gasteiger partial charge in [-0.15, -0.1) is 0 Å². The number of hydrogen-bond donors (Lipinski definition) is 0. The first-order valence-corrected chi connectivity index (χ1v) is 8.59. The molecule has 0 unspecified atom stereocenters. The molecule has 18 heavy (non-hydrogen) atoms. The summed E-state index contributed by atoms with van der Waals surface area (Å²) in [6, 6.07) is 0. The maximum Gasteiger partial charge on any atom is -0.0386 e. The van der Waals surface area contributed by atoms with Gasteiger partial charge in [-0.2, -0.15) is 0 Å². The summed E-state index contributed by atoms with van der Waals surface area (Å²) in [7, 11) is 0. The molecule has 0 N–H and O–H groups in total. The van der Waals surface area contributed by atoms with E-state index < -0.39 is 0 Å². The fraction of sp³-hybridized carbons (Fsp3) is 0.944. The highest BCUT2D eigenvalue weighted by Gasteiger charge is 1.95. The van der Waals surface area contributed by atoms with Crippen LogP contribution in [0.15, 0.2) is 0 Å². The highest BCUT2D eigenvalue weighted by molar-refractivity contribution is 4.64. The lowest BCUT2D eigenvalue weighted by Crippen LogP contribution is -1.87. The molecule has 0 nitrogen and oxygen atoms in total. The molecule has 0 saturated carbocycles. The van der Waals surface area contributed by atoms with Crippen LogP contribution < -0.4 is 0 Å². The van der Waals surface area contributed by atoms with Crippen molar-refractivity contribution < 1.29 is 0 Å². The molecule has 0 spiro atoms. The average molecular weight is 253 g/mol. The van der Waals surface area contributed by atoms with E-state index in [0.29, 0.717) is 0 Å². The Morgan fingerprint density at radius 3 is 1.72 bits per heavy atom. The van der Waals surface area contributed by atoms with Gasteiger partial charge in [0, 0.05) is 0 Å². The topological polar surface area (TPSA) is 0 Å². The van der Waals surface area contributed by atoms with E-state index in [1.807, 2.05) is 0 Å². The lowest BCUT2D eigenvalue weighted by atomic mass is 10.0. The molecule has 0 fully saturated rings. The predicted octanol–water partition coefficient (Wildman–Crippen LogP) is 6.94. The maximum absolute atomic E-state index is 2.53. The van der Waals surface area contributed by atoms with Crippen LogP contribution in [-0.4, -0.2) is 0 Å². The Labute approximate surface area is 117 Å². The van der Waals surface area contributed by atoms with Crippen molar-refractivity contribution >= 4 is 0 Å². The monoisotopic (exact) mass is 253 g/mol. The second-order valence-corrected chi connectivity index (χ2v) is 6.23. The zero-order valence-electron chi connectivity index (χ0n) is 13.3. The third-order valence-electron chi connectivity index (χ3n) is 3.70. The first-order valence-electron chi connectivity index (χ1n) is 8.59. The molecular formula is C18H37.